The van der Waals surface area contributed by atoms with Crippen LogP contribution in [0.15, 0.2) is 47.5 Å². The lowest BCUT2D eigenvalue weighted by atomic mass is 10.00. The molecule has 1 aromatic heterocycles. The normalized spacial score (nSPS) is 15.1. The molecule has 2 heterocycles. The van der Waals surface area contributed by atoms with Crippen molar-refractivity contribution in [1.29, 1.82) is 0 Å². The third-order valence-electron chi connectivity index (χ3n) is 4.97. The zero-order valence-corrected chi connectivity index (χ0v) is 17.9. The molecule has 1 amide bonds. The molecule has 154 valence electrons. The molecule has 1 atom stereocenters. The molecule has 30 heavy (non-hydrogen) atoms. The molecule has 0 radical (unpaired) electrons. The number of aromatic nitrogens is 3. The van der Waals surface area contributed by atoms with Gasteiger partial charge >= 0.3 is 0 Å². The summed E-state index contributed by atoms with van der Waals surface area (Å²) >= 11 is 6.10. The Balaban J connectivity index is 1.98. The first kappa shape index (κ1) is 20.1. The number of benzene rings is 2. The number of aryl methyl sites for hydroxylation is 1. The lowest BCUT2D eigenvalue weighted by Crippen LogP contribution is -2.32. The molecule has 0 fully saturated rings. The largest absolute Gasteiger partial charge is 0.497 e. The Labute approximate surface area is 179 Å². The van der Waals surface area contributed by atoms with Gasteiger partial charge in [0.25, 0.3) is 0 Å². The summed E-state index contributed by atoms with van der Waals surface area (Å²) in [6, 6.07) is 13.2. The minimum atomic E-state index is -0.690. The van der Waals surface area contributed by atoms with E-state index in [0.717, 1.165) is 16.8 Å². The lowest BCUT2D eigenvalue weighted by molar-refractivity contribution is -0.124. The van der Waals surface area contributed by atoms with Gasteiger partial charge in [0.1, 0.15) is 11.6 Å². The highest BCUT2D eigenvalue weighted by Crippen LogP contribution is 2.32. The average Bonchev–Trinajstić information content (AvgIpc) is 3.06. The van der Waals surface area contributed by atoms with Crippen LogP contribution in [-0.4, -0.2) is 33.5 Å². The molecule has 4 rings (SSSR count). The minimum absolute atomic E-state index is 0.116. The van der Waals surface area contributed by atoms with Crippen molar-refractivity contribution in [1.82, 2.24) is 20.1 Å². The topological polar surface area (TPSA) is 81.4 Å². The van der Waals surface area contributed by atoms with Crippen LogP contribution in [0.4, 0.5) is 0 Å². The first-order chi connectivity index (χ1) is 14.4. The molecule has 1 unspecified atom stereocenters. The van der Waals surface area contributed by atoms with Crippen molar-refractivity contribution in [2.45, 2.75) is 26.9 Å². The maximum absolute atomic E-state index is 12.5. The van der Waals surface area contributed by atoms with E-state index < -0.39 is 6.17 Å². The number of carbonyl (C=O) groups is 1. The van der Waals surface area contributed by atoms with Gasteiger partial charge in [-0.15, -0.1) is 10.2 Å². The van der Waals surface area contributed by atoms with E-state index in [0.29, 0.717) is 28.1 Å². The van der Waals surface area contributed by atoms with E-state index in [-0.39, 0.29) is 11.8 Å². The van der Waals surface area contributed by atoms with Gasteiger partial charge in [-0.2, -0.15) is 0 Å². The number of ether oxygens (including phenoxy) is 1. The Bertz CT molecular complexity index is 1130. The van der Waals surface area contributed by atoms with Gasteiger partial charge < -0.3 is 10.1 Å². The van der Waals surface area contributed by atoms with Crippen LogP contribution in [0.5, 0.6) is 5.75 Å². The monoisotopic (exact) mass is 423 g/mol. The van der Waals surface area contributed by atoms with Crippen molar-refractivity contribution in [2.24, 2.45) is 10.9 Å². The predicted molar refractivity (Wildman–Crippen MR) is 115 cm³/mol. The number of hydrogen-bond donors (Lipinski definition) is 1. The van der Waals surface area contributed by atoms with Crippen molar-refractivity contribution < 1.29 is 9.53 Å². The number of nitrogens with one attached hydrogen (secondary N) is 1. The Morgan fingerprint density at radius 3 is 2.57 bits per heavy atom. The van der Waals surface area contributed by atoms with Crippen LogP contribution in [0.2, 0.25) is 5.02 Å². The molecule has 2 aromatic carbocycles. The Morgan fingerprint density at radius 1 is 1.17 bits per heavy atom. The molecule has 0 spiro atoms. The van der Waals surface area contributed by atoms with Gasteiger partial charge in [-0.1, -0.05) is 37.6 Å². The van der Waals surface area contributed by atoms with Crippen LogP contribution < -0.4 is 10.1 Å². The number of halogens is 1. The molecule has 0 saturated carbocycles. The molecule has 0 aliphatic carbocycles. The third kappa shape index (κ3) is 3.57. The van der Waals surface area contributed by atoms with Crippen molar-refractivity contribution in [3.8, 4) is 11.4 Å². The zero-order chi connectivity index (χ0) is 21.4. The summed E-state index contributed by atoms with van der Waals surface area (Å²) in [4.78, 5) is 17.5. The molecule has 3 aromatic rings. The Hall–Kier alpha value is -3.19. The lowest BCUT2D eigenvalue weighted by Gasteiger charge is -2.15. The van der Waals surface area contributed by atoms with Gasteiger partial charge in [0.2, 0.25) is 5.91 Å². The number of fused-ring (bicyclic) bond motifs is 3. The minimum Gasteiger partial charge on any atom is -0.497 e. The molecular formula is C22H22ClN5O2. The van der Waals surface area contributed by atoms with Crippen LogP contribution in [0.25, 0.3) is 5.69 Å². The van der Waals surface area contributed by atoms with Gasteiger partial charge in [-0.05, 0) is 37.3 Å². The molecule has 1 aliphatic rings. The SMILES string of the molecule is COc1ccc2c(c1)C(c1ccc(Cl)cc1)=NC(NC(=O)C(C)C)c1nnc(C)n1-2. The third-order valence-corrected chi connectivity index (χ3v) is 5.23. The quantitative estimate of drug-likeness (QED) is 0.690. The van der Waals surface area contributed by atoms with Crippen LogP contribution in [0, 0.1) is 12.8 Å². The van der Waals surface area contributed by atoms with Gasteiger partial charge in [0, 0.05) is 22.1 Å². The van der Waals surface area contributed by atoms with Crippen molar-refractivity contribution in [3.05, 3.63) is 70.3 Å². The number of methoxy groups -OCH3 is 1. The second-order valence-electron chi connectivity index (χ2n) is 7.37. The summed E-state index contributed by atoms with van der Waals surface area (Å²) in [5.41, 5.74) is 3.29. The van der Waals surface area contributed by atoms with Gasteiger partial charge in [-0.25, -0.2) is 0 Å². The average molecular weight is 424 g/mol. The number of nitrogens with zero attached hydrogens (tertiary/aromatic N) is 4. The maximum atomic E-state index is 12.5. The first-order valence-corrected chi connectivity index (χ1v) is 10.0. The summed E-state index contributed by atoms with van der Waals surface area (Å²) in [5, 5.41) is 12.2. The molecule has 1 N–H and O–H groups in total. The second-order valence-corrected chi connectivity index (χ2v) is 7.81. The second kappa shape index (κ2) is 7.91. The Morgan fingerprint density at radius 2 is 1.90 bits per heavy atom. The van der Waals surface area contributed by atoms with Crippen LogP contribution in [-0.2, 0) is 4.79 Å². The van der Waals surface area contributed by atoms with Crippen molar-refractivity contribution in [2.75, 3.05) is 7.11 Å². The summed E-state index contributed by atoms with van der Waals surface area (Å²) < 4.78 is 7.38. The summed E-state index contributed by atoms with van der Waals surface area (Å²) in [6.07, 6.45) is -0.690. The highest BCUT2D eigenvalue weighted by atomic mass is 35.5. The van der Waals surface area contributed by atoms with E-state index >= 15 is 0 Å². The number of hydrogen-bond acceptors (Lipinski definition) is 5. The maximum Gasteiger partial charge on any atom is 0.224 e. The fourth-order valence-electron chi connectivity index (χ4n) is 3.37. The highest BCUT2D eigenvalue weighted by molar-refractivity contribution is 6.30. The predicted octanol–water partition coefficient (Wildman–Crippen LogP) is 3.86. The number of rotatable bonds is 4. The van der Waals surface area contributed by atoms with E-state index in [1.54, 1.807) is 7.11 Å². The van der Waals surface area contributed by atoms with Crippen LogP contribution >= 0.6 is 11.6 Å². The highest BCUT2D eigenvalue weighted by Gasteiger charge is 2.29. The number of amides is 1. The van der Waals surface area contributed by atoms with E-state index in [1.165, 1.54) is 0 Å². The van der Waals surface area contributed by atoms with E-state index in [9.17, 15) is 4.79 Å². The summed E-state index contributed by atoms with van der Waals surface area (Å²) in [6.45, 7) is 5.55. The zero-order valence-electron chi connectivity index (χ0n) is 17.2. The standard InChI is InChI=1S/C22H22ClN5O2/c1-12(2)22(29)25-20-21-27-26-13(3)28(21)18-10-9-16(30-4)11-17(18)19(24-20)14-5-7-15(23)8-6-14/h5-12,20H,1-4H3,(H,25,29). The van der Waals surface area contributed by atoms with Crippen LogP contribution in [0.3, 0.4) is 0 Å². The van der Waals surface area contributed by atoms with E-state index in [1.807, 2.05) is 67.8 Å². The van der Waals surface area contributed by atoms with Crippen molar-refractivity contribution in [3.63, 3.8) is 0 Å². The molecule has 0 bridgehead atoms. The smallest absolute Gasteiger partial charge is 0.224 e. The molecule has 7 nitrogen and oxygen atoms in total. The first-order valence-electron chi connectivity index (χ1n) is 9.64. The molecular weight excluding hydrogens is 402 g/mol. The van der Waals surface area contributed by atoms with Gasteiger partial charge in [0.05, 0.1) is 18.5 Å². The molecule has 0 saturated heterocycles. The van der Waals surface area contributed by atoms with Crippen molar-refractivity contribution >= 4 is 23.2 Å². The van der Waals surface area contributed by atoms with E-state index in [4.69, 9.17) is 21.3 Å². The molecule has 8 heteroatoms. The van der Waals surface area contributed by atoms with Gasteiger partial charge in [0.15, 0.2) is 12.0 Å². The molecule has 1 aliphatic heterocycles. The summed E-state index contributed by atoms with van der Waals surface area (Å²) in [7, 11) is 1.62. The fraction of sp³-hybridized carbons (Fsp3) is 0.273. The number of aliphatic imine (C=N–C) groups is 1. The van der Waals surface area contributed by atoms with Crippen LogP contribution in [0.1, 0.15) is 42.8 Å². The van der Waals surface area contributed by atoms with E-state index in [2.05, 4.69) is 15.5 Å². The Kier molecular flexibility index (Phi) is 5.30. The summed E-state index contributed by atoms with van der Waals surface area (Å²) in [5.74, 6) is 1.65. The van der Waals surface area contributed by atoms with Gasteiger partial charge in [-0.3, -0.25) is 14.4 Å². The number of carbonyl (C=O) groups excluding carboxylic acids is 1. The fourth-order valence-corrected chi connectivity index (χ4v) is 3.50.